The summed E-state index contributed by atoms with van der Waals surface area (Å²) in [5.74, 6) is -8.20. The molecule has 100 valence electrons. The van der Waals surface area contributed by atoms with Crippen LogP contribution in [0.25, 0.3) is 0 Å². The Morgan fingerprint density at radius 1 is 1.12 bits per heavy atom. The highest BCUT2D eigenvalue weighted by Crippen LogP contribution is 2.40. The van der Waals surface area contributed by atoms with E-state index in [1.54, 1.807) is 6.92 Å². The molecule has 2 amide bonds. The molecule has 0 aromatic heterocycles. The van der Waals surface area contributed by atoms with Crippen LogP contribution >= 0.6 is 0 Å². The van der Waals surface area contributed by atoms with E-state index >= 15 is 0 Å². The Kier molecular flexibility index (Phi) is 3.59. The van der Waals surface area contributed by atoms with Gasteiger partial charge in [-0.2, -0.15) is 17.6 Å². The lowest BCUT2D eigenvalue weighted by molar-refractivity contribution is -0.172. The summed E-state index contributed by atoms with van der Waals surface area (Å²) < 4.78 is 51.4. The van der Waals surface area contributed by atoms with Crippen LogP contribution in [0.15, 0.2) is 0 Å². The first-order chi connectivity index (χ1) is 7.57. The summed E-state index contributed by atoms with van der Waals surface area (Å²) in [5, 5.41) is 2.42. The van der Waals surface area contributed by atoms with Crippen molar-refractivity contribution in [1.82, 2.24) is 10.2 Å². The van der Waals surface area contributed by atoms with Crippen LogP contribution in [0.2, 0.25) is 0 Å². The van der Waals surface area contributed by atoms with Gasteiger partial charge in [-0.05, 0) is 12.8 Å². The Bertz CT molecular complexity index is 291. The number of amides is 2. The minimum atomic E-state index is -4.15. The van der Waals surface area contributed by atoms with Gasteiger partial charge in [0.15, 0.2) is 0 Å². The average molecular weight is 256 g/mol. The Labute approximate surface area is 97.2 Å². The zero-order valence-electron chi connectivity index (χ0n) is 9.94. The van der Waals surface area contributed by atoms with Crippen LogP contribution in [0.5, 0.6) is 0 Å². The highest BCUT2D eigenvalue weighted by Gasteiger charge is 2.63. The molecule has 1 fully saturated rings. The molecule has 17 heavy (non-hydrogen) atoms. The summed E-state index contributed by atoms with van der Waals surface area (Å²) in [6.45, 7) is 2.87. The summed E-state index contributed by atoms with van der Waals surface area (Å²) in [4.78, 5) is 11.9. The SMILES string of the molecule is CC(C)[C@@H](C)NC(=O)N1CC(F)(F)C(F)(F)C1. The predicted octanol–water partition coefficient (Wildman–Crippen LogP) is 2.33. The Morgan fingerprint density at radius 2 is 1.53 bits per heavy atom. The second-order valence-corrected chi connectivity index (χ2v) is 4.75. The van der Waals surface area contributed by atoms with Gasteiger partial charge in [0, 0.05) is 6.04 Å². The lowest BCUT2D eigenvalue weighted by atomic mass is 10.1. The largest absolute Gasteiger partial charge is 0.335 e. The van der Waals surface area contributed by atoms with E-state index in [-0.39, 0.29) is 12.0 Å². The molecule has 0 bridgehead atoms. The number of urea groups is 1. The molecule has 7 heteroatoms. The standard InChI is InChI=1S/C10H16F4N2O/c1-6(2)7(3)15-8(17)16-4-9(11,12)10(13,14)5-16/h6-7H,4-5H2,1-3H3,(H,15,17)/t7-/m1/s1. The molecule has 0 radical (unpaired) electrons. The number of alkyl halides is 4. The number of rotatable bonds is 2. The number of likely N-dealkylation sites (tertiary alicyclic amines) is 1. The van der Waals surface area contributed by atoms with E-state index in [4.69, 9.17) is 0 Å². The van der Waals surface area contributed by atoms with Crippen molar-refractivity contribution in [3.8, 4) is 0 Å². The van der Waals surface area contributed by atoms with E-state index in [1.807, 2.05) is 13.8 Å². The van der Waals surface area contributed by atoms with Crippen molar-refractivity contribution in [1.29, 1.82) is 0 Å². The van der Waals surface area contributed by atoms with Crippen molar-refractivity contribution in [2.75, 3.05) is 13.1 Å². The van der Waals surface area contributed by atoms with Crippen molar-refractivity contribution in [3.63, 3.8) is 0 Å². The quantitative estimate of drug-likeness (QED) is 0.755. The molecule has 1 saturated heterocycles. The van der Waals surface area contributed by atoms with Crippen molar-refractivity contribution in [2.24, 2.45) is 5.92 Å². The number of hydrogen-bond donors (Lipinski definition) is 1. The molecule has 0 aromatic rings. The fourth-order valence-electron chi connectivity index (χ4n) is 1.36. The molecule has 3 nitrogen and oxygen atoms in total. The van der Waals surface area contributed by atoms with Gasteiger partial charge >= 0.3 is 17.9 Å². The molecule has 1 heterocycles. The predicted molar refractivity (Wildman–Crippen MR) is 54.3 cm³/mol. The Balaban J connectivity index is 2.63. The number of halogens is 4. The summed E-state index contributed by atoms with van der Waals surface area (Å²) in [5.41, 5.74) is 0. The number of hydrogen-bond acceptors (Lipinski definition) is 1. The van der Waals surface area contributed by atoms with Gasteiger partial charge in [-0.3, -0.25) is 0 Å². The van der Waals surface area contributed by atoms with Gasteiger partial charge in [-0.1, -0.05) is 13.8 Å². The molecule has 0 aromatic carbocycles. The molecule has 0 unspecified atom stereocenters. The van der Waals surface area contributed by atoms with Gasteiger partial charge in [0.2, 0.25) is 0 Å². The summed E-state index contributed by atoms with van der Waals surface area (Å²) in [7, 11) is 0. The third-order valence-corrected chi connectivity index (χ3v) is 2.95. The smallest absolute Gasteiger partial charge is 0.329 e. The average Bonchev–Trinajstić information content (AvgIpc) is 2.35. The molecule has 1 aliphatic rings. The maximum absolute atomic E-state index is 12.9. The van der Waals surface area contributed by atoms with Gasteiger partial charge < -0.3 is 10.2 Å². The fourth-order valence-corrected chi connectivity index (χ4v) is 1.36. The van der Waals surface area contributed by atoms with E-state index in [0.717, 1.165) is 0 Å². The second-order valence-electron chi connectivity index (χ2n) is 4.75. The highest BCUT2D eigenvalue weighted by atomic mass is 19.3. The third kappa shape index (κ3) is 2.81. The van der Waals surface area contributed by atoms with Crippen molar-refractivity contribution in [2.45, 2.75) is 38.7 Å². The van der Waals surface area contributed by atoms with Gasteiger partial charge in [-0.25, -0.2) is 4.79 Å². The number of nitrogens with zero attached hydrogens (tertiary/aromatic N) is 1. The summed E-state index contributed by atoms with van der Waals surface area (Å²) >= 11 is 0. The number of nitrogens with one attached hydrogen (secondary N) is 1. The zero-order chi connectivity index (χ0) is 13.4. The Morgan fingerprint density at radius 3 is 1.88 bits per heavy atom. The Hall–Kier alpha value is -1.01. The van der Waals surface area contributed by atoms with E-state index in [2.05, 4.69) is 5.32 Å². The van der Waals surface area contributed by atoms with E-state index in [1.165, 1.54) is 0 Å². The lowest BCUT2D eigenvalue weighted by Gasteiger charge is -2.22. The molecule has 0 spiro atoms. The van der Waals surface area contributed by atoms with Crippen LogP contribution in [0, 0.1) is 5.92 Å². The maximum Gasteiger partial charge on any atom is 0.329 e. The summed E-state index contributed by atoms with van der Waals surface area (Å²) in [6.07, 6.45) is 0. The molecule has 0 saturated carbocycles. The topological polar surface area (TPSA) is 32.3 Å². The maximum atomic E-state index is 12.9. The van der Waals surface area contributed by atoms with Crippen LogP contribution in [-0.2, 0) is 0 Å². The highest BCUT2D eigenvalue weighted by molar-refractivity contribution is 5.75. The van der Waals surface area contributed by atoms with E-state index < -0.39 is 31.0 Å². The summed E-state index contributed by atoms with van der Waals surface area (Å²) in [6, 6.07) is -1.13. The first kappa shape index (κ1) is 14.1. The third-order valence-electron chi connectivity index (χ3n) is 2.95. The lowest BCUT2D eigenvalue weighted by Crippen LogP contribution is -2.45. The fraction of sp³-hybridized carbons (Fsp3) is 0.900. The van der Waals surface area contributed by atoms with E-state index in [9.17, 15) is 22.4 Å². The van der Waals surface area contributed by atoms with Crippen LogP contribution in [-0.4, -0.2) is 41.9 Å². The minimum absolute atomic E-state index is 0.0996. The molecular weight excluding hydrogens is 240 g/mol. The van der Waals surface area contributed by atoms with Gasteiger partial charge in [0.25, 0.3) is 0 Å². The number of carbonyl (C=O) groups is 1. The molecule has 0 aliphatic carbocycles. The van der Waals surface area contributed by atoms with Gasteiger partial charge in [0.05, 0.1) is 13.1 Å². The molecule has 1 N–H and O–H groups in total. The minimum Gasteiger partial charge on any atom is -0.335 e. The zero-order valence-corrected chi connectivity index (χ0v) is 9.94. The molecule has 1 rings (SSSR count). The van der Waals surface area contributed by atoms with Gasteiger partial charge in [0.1, 0.15) is 0 Å². The van der Waals surface area contributed by atoms with Crippen LogP contribution in [0.3, 0.4) is 0 Å². The monoisotopic (exact) mass is 256 g/mol. The van der Waals surface area contributed by atoms with Crippen molar-refractivity contribution in [3.05, 3.63) is 0 Å². The van der Waals surface area contributed by atoms with Crippen LogP contribution in [0.1, 0.15) is 20.8 Å². The van der Waals surface area contributed by atoms with Crippen molar-refractivity contribution >= 4 is 6.03 Å². The normalized spacial score (nSPS) is 23.9. The first-order valence-electron chi connectivity index (χ1n) is 5.38. The number of carbonyl (C=O) groups excluding carboxylic acids is 1. The van der Waals surface area contributed by atoms with Crippen molar-refractivity contribution < 1.29 is 22.4 Å². The van der Waals surface area contributed by atoms with Gasteiger partial charge in [-0.15, -0.1) is 0 Å². The van der Waals surface area contributed by atoms with Crippen LogP contribution in [0.4, 0.5) is 22.4 Å². The first-order valence-corrected chi connectivity index (χ1v) is 5.38. The van der Waals surface area contributed by atoms with E-state index in [0.29, 0.717) is 4.90 Å². The molecule has 1 atom stereocenters. The molecular formula is C10H16F4N2O. The van der Waals surface area contributed by atoms with Crippen LogP contribution < -0.4 is 5.32 Å². The molecule has 1 aliphatic heterocycles. The second kappa shape index (κ2) is 4.34.